The number of thiazole rings is 1. The van der Waals surface area contributed by atoms with E-state index in [2.05, 4.69) is 31.9 Å². The molecular formula is C26H22Br2N2O5S. The van der Waals surface area contributed by atoms with Crippen LogP contribution in [0, 0.1) is 0 Å². The molecule has 10 heteroatoms. The van der Waals surface area contributed by atoms with Gasteiger partial charge in [-0.25, -0.2) is 9.59 Å². The van der Waals surface area contributed by atoms with Crippen molar-refractivity contribution in [2.75, 3.05) is 13.2 Å². The highest BCUT2D eigenvalue weighted by atomic mass is 79.9. The van der Waals surface area contributed by atoms with E-state index in [1.54, 1.807) is 38.1 Å². The first kappa shape index (κ1) is 26.1. The molecule has 0 fully saturated rings. The van der Waals surface area contributed by atoms with Crippen molar-refractivity contribution < 1.29 is 19.1 Å². The quantitative estimate of drug-likeness (QED) is 0.418. The van der Waals surface area contributed by atoms with Gasteiger partial charge < -0.3 is 15.2 Å². The summed E-state index contributed by atoms with van der Waals surface area (Å²) in [7, 11) is 0. The minimum atomic E-state index is -0.909. The van der Waals surface area contributed by atoms with Gasteiger partial charge in [0.15, 0.2) is 0 Å². The lowest BCUT2D eigenvalue weighted by Crippen LogP contribution is -2.42. The fourth-order valence-corrected chi connectivity index (χ4v) is 6.09. The number of fused-ring (bicyclic) bond motifs is 1. The zero-order chi connectivity index (χ0) is 26.0. The predicted molar refractivity (Wildman–Crippen MR) is 146 cm³/mol. The molecule has 0 saturated carbocycles. The van der Waals surface area contributed by atoms with Gasteiger partial charge in [-0.2, -0.15) is 0 Å². The van der Waals surface area contributed by atoms with Crippen molar-refractivity contribution in [3.8, 4) is 0 Å². The first-order chi connectivity index (χ1) is 17.3. The normalized spacial score (nSPS) is 15.6. The molecule has 1 aliphatic heterocycles. The molecule has 2 N–H and O–H groups in total. The number of nitrogens with two attached hydrogens (primary N) is 1. The Labute approximate surface area is 227 Å². The Hall–Kier alpha value is -2.95. The Bertz CT molecular complexity index is 1570. The van der Waals surface area contributed by atoms with E-state index in [-0.39, 0.29) is 30.2 Å². The zero-order valence-electron chi connectivity index (χ0n) is 19.4. The van der Waals surface area contributed by atoms with E-state index in [9.17, 15) is 14.4 Å². The third kappa shape index (κ3) is 4.72. The second-order valence-corrected chi connectivity index (χ2v) is 10.4. The van der Waals surface area contributed by atoms with Crippen molar-refractivity contribution in [1.29, 1.82) is 0 Å². The predicted octanol–water partition coefficient (Wildman–Crippen LogP) is 3.47. The first-order valence-electron chi connectivity index (χ1n) is 11.1. The lowest BCUT2D eigenvalue weighted by molar-refractivity contribution is -0.138. The van der Waals surface area contributed by atoms with E-state index in [0.717, 1.165) is 21.4 Å². The van der Waals surface area contributed by atoms with Gasteiger partial charge in [-0.15, -0.1) is 11.3 Å². The van der Waals surface area contributed by atoms with Crippen LogP contribution in [0.4, 0.5) is 0 Å². The molecule has 7 nitrogen and oxygen atoms in total. The highest BCUT2D eigenvalue weighted by molar-refractivity contribution is 9.10. The Morgan fingerprint density at radius 3 is 2.17 bits per heavy atom. The highest BCUT2D eigenvalue weighted by Gasteiger charge is 2.40. The number of aromatic nitrogens is 1. The Kier molecular flexibility index (Phi) is 7.97. The van der Waals surface area contributed by atoms with Crippen LogP contribution in [0.5, 0.6) is 0 Å². The number of halogens is 2. The minimum Gasteiger partial charge on any atom is -0.463 e. The molecule has 4 rings (SSSR count). The second-order valence-electron chi connectivity index (χ2n) is 7.69. The van der Waals surface area contributed by atoms with Crippen LogP contribution in [-0.2, 0) is 19.1 Å². The summed E-state index contributed by atoms with van der Waals surface area (Å²) < 4.78 is 14.1. The lowest BCUT2D eigenvalue weighted by Gasteiger charge is -2.27. The van der Waals surface area contributed by atoms with E-state index < -0.39 is 23.4 Å². The average Bonchev–Trinajstić information content (AvgIpc) is 3.16. The van der Waals surface area contributed by atoms with Gasteiger partial charge in [0, 0.05) is 8.95 Å². The molecule has 0 radical (unpaired) electrons. The molecule has 0 aliphatic carbocycles. The molecule has 1 aliphatic rings. The molecule has 2 heterocycles. The summed E-state index contributed by atoms with van der Waals surface area (Å²) >= 11 is 8.15. The van der Waals surface area contributed by atoms with Crippen LogP contribution >= 0.6 is 43.2 Å². The third-order valence-corrected chi connectivity index (χ3v) is 8.10. The highest BCUT2D eigenvalue weighted by Crippen LogP contribution is 2.40. The molecule has 0 amide bonds. The molecule has 2 aromatic carbocycles. The van der Waals surface area contributed by atoms with E-state index in [0.29, 0.717) is 19.2 Å². The topological polar surface area (TPSA) is 101 Å². The van der Waals surface area contributed by atoms with Gasteiger partial charge in [0.1, 0.15) is 10.5 Å². The monoisotopic (exact) mass is 632 g/mol. The smallest absolute Gasteiger partial charge is 0.338 e. The summed E-state index contributed by atoms with van der Waals surface area (Å²) in [6, 6.07) is 14.7. The van der Waals surface area contributed by atoms with Crippen molar-refractivity contribution in [2.24, 2.45) is 5.73 Å². The number of ether oxygens (including phenoxy) is 2. The molecule has 3 aromatic rings. The number of carbonyl (C=O) groups is 2. The van der Waals surface area contributed by atoms with E-state index in [1.165, 1.54) is 4.57 Å². The van der Waals surface area contributed by atoms with Crippen LogP contribution in [0.1, 0.15) is 30.9 Å². The van der Waals surface area contributed by atoms with Crippen molar-refractivity contribution in [3.63, 3.8) is 0 Å². The summed E-state index contributed by atoms with van der Waals surface area (Å²) in [5, 5.41) is 0. The number of hydrogen-bond acceptors (Lipinski definition) is 7. The fraction of sp³-hybridized carbons (Fsp3) is 0.192. The second kappa shape index (κ2) is 11.0. The van der Waals surface area contributed by atoms with E-state index in [4.69, 9.17) is 15.2 Å². The molecule has 0 saturated heterocycles. The van der Waals surface area contributed by atoms with Crippen LogP contribution in [-0.4, -0.2) is 29.7 Å². The van der Waals surface area contributed by atoms with Crippen molar-refractivity contribution in [2.45, 2.75) is 19.8 Å². The summed E-state index contributed by atoms with van der Waals surface area (Å²) in [6.07, 6.45) is 1.72. The van der Waals surface area contributed by atoms with Crippen LogP contribution in [0.25, 0.3) is 17.5 Å². The van der Waals surface area contributed by atoms with Gasteiger partial charge in [0.25, 0.3) is 5.56 Å². The Balaban J connectivity index is 2.15. The fourth-order valence-electron chi connectivity index (χ4n) is 4.02. The minimum absolute atomic E-state index is 0.00615. The average molecular weight is 634 g/mol. The van der Waals surface area contributed by atoms with Crippen LogP contribution in [0.2, 0.25) is 0 Å². The SMILES string of the molecule is CCOC(=O)C1=C(N)n2c(sc(=Cc3ccccc3Br)c2=O)=C(C(=O)OCC)C1c1ccccc1Br. The molecule has 0 spiro atoms. The van der Waals surface area contributed by atoms with E-state index >= 15 is 0 Å². The first-order valence-corrected chi connectivity index (χ1v) is 13.5. The molecule has 1 aromatic heterocycles. The van der Waals surface area contributed by atoms with Crippen molar-refractivity contribution in [1.82, 2.24) is 4.57 Å². The summed E-state index contributed by atoms with van der Waals surface area (Å²) in [6.45, 7) is 3.58. The third-order valence-electron chi connectivity index (χ3n) is 5.55. The van der Waals surface area contributed by atoms with Crippen LogP contribution in [0.3, 0.4) is 0 Å². The Morgan fingerprint density at radius 1 is 0.972 bits per heavy atom. The molecule has 36 heavy (non-hydrogen) atoms. The largest absolute Gasteiger partial charge is 0.463 e. The van der Waals surface area contributed by atoms with Crippen molar-refractivity contribution >= 4 is 72.6 Å². The Morgan fingerprint density at radius 2 is 1.56 bits per heavy atom. The maximum atomic E-state index is 13.6. The van der Waals surface area contributed by atoms with Gasteiger partial charge in [-0.05, 0) is 43.2 Å². The molecular weight excluding hydrogens is 612 g/mol. The van der Waals surface area contributed by atoms with E-state index in [1.807, 2.05) is 30.3 Å². The summed E-state index contributed by atoms with van der Waals surface area (Å²) in [5.41, 5.74) is 7.63. The van der Waals surface area contributed by atoms with Crippen molar-refractivity contribution in [3.05, 3.63) is 93.7 Å². The summed E-state index contributed by atoms with van der Waals surface area (Å²) in [4.78, 5) is 40.2. The lowest BCUT2D eigenvalue weighted by atomic mass is 9.83. The zero-order valence-corrected chi connectivity index (χ0v) is 23.4. The molecule has 0 bridgehead atoms. The molecule has 1 atom stereocenters. The number of hydrogen-bond donors (Lipinski definition) is 1. The standard InChI is InChI=1S/C26H22Br2N2O5S/c1-3-34-25(32)20-19(15-10-6-8-12-17(15)28)21(26(33)35-4-2)24-30(22(20)29)23(31)18(36-24)13-14-9-5-7-11-16(14)27/h5-13,19H,3-4,29H2,1-2H3. The number of benzene rings is 2. The number of carbonyl (C=O) groups excluding carboxylic acids is 2. The maximum Gasteiger partial charge on any atom is 0.338 e. The molecule has 186 valence electrons. The number of rotatable bonds is 6. The van der Waals surface area contributed by atoms with Gasteiger partial charge in [0.2, 0.25) is 0 Å². The number of nitrogens with zero attached hydrogens (tertiary/aromatic N) is 1. The maximum absolute atomic E-state index is 13.6. The van der Waals surface area contributed by atoms with Crippen LogP contribution < -0.4 is 20.5 Å². The molecule has 1 unspecified atom stereocenters. The van der Waals surface area contributed by atoms with Gasteiger partial charge in [0.05, 0.1) is 34.8 Å². The van der Waals surface area contributed by atoms with Gasteiger partial charge in [-0.1, -0.05) is 68.3 Å². The summed E-state index contributed by atoms with van der Waals surface area (Å²) in [5.74, 6) is -2.34. The number of esters is 2. The van der Waals surface area contributed by atoms with Crippen LogP contribution in [0.15, 0.2) is 67.8 Å². The van der Waals surface area contributed by atoms with Gasteiger partial charge in [-0.3, -0.25) is 9.36 Å². The van der Waals surface area contributed by atoms with Gasteiger partial charge >= 0.3 is 11.9 Å².